The molecule has 1 heterocycles. The summed E-state index contributed by atoms with van der Waals surface area (Å²) in [6, 6.07) is 0.981. The van der Waals surface area contributed by atoms with Gasteiger partial charge in [-0.2, -0.15) is 0 Å². The molecule has 0 aromatic carbocycles. The molecule has 4 nitrogen and oxygen atoms in total. The topological polar surface area (TPSA) is 47.1 Å². The van der Waals surface area contributed by atoms with Crippen LogP contribution in [-0.2, 0) is 0 Å². The maximum absolute atomic E-state index is 6.02. The molecule has 0 spiro atoms. The van der Waals surface area contributed by atoms with Crippen LogP contribution in [0.2, 0.25) is 0 Å². The molecule has 1 aliphatic carbocycles. The Balaban J connectivity index is 2.17. The van der Waals surface area contributed by atoms with E-state index in [1.54, 1.807) is 0 Å². The maximum Gasteiger partial charge on any atom is 0.0951 e. The average molecular weight is 250 g/mol. The molecule has 2 rings (SSSR count). The first-order valence-corrected chi connectivity index (χ1v) is 7.13. The van der Waals surface area contributed by atoms with Crippen molar-refractivity contribution in [1.82, 2.24) is 14.5 Å². The van der Waals surface area contributed by atoms with Crippen LogP contribution in [0.5, 0.6) is 0 Å². The summed E-state index contributed by atoms with van der Waals surface area (Å²) in [4.78, 5) is 6.80. The van der Waals surface area contributed by atoms with Gasteiger partial charge in [0.25, 0.3) is 0 Å². The van der Waals surface area contributed by atoms with E-state index in [0.717, 1.165) is 13.1 Å². The molecule has 1 atom stereocenters. The molecule has 0 amide bonds. The second-order valence-electron chi connectivity index (χ2n) is 5.69. The van der Waals surface area contributed by atoms with Gasteiger partial charge in [-0.05, 0) is 25.3 Å². The number of likely N-dealkylation sites (N-methyl/N-ethyl adjacent to an activating group) is 1. The number of imidazole rings is 1. The number of hydrogen-bond donors (Lipinski definition) is 1. The summed E-state index contributed by atoms with van der Waals surface area (Å²) in [6.07, 6.45) is 6.55. The van der Waals surface area contributed by atoms with E-state index >= 15 is 0 Å². The minimum Gasteiger partial charge on any atom is -0.330 e. The van der Waals surface area contributed by atoms with Crippen molar-refractivity contribution >= 4 is 0 Å². The Labute approximate surface area is 110 Å². The predicted molar refractivity (Wildman–Crippen MR) is 74.4 cm³/mol. The molecule has 18 heavy (non-hydrogen) atoms. The molecular weight excluding hydrogens is 224 g/mol. The van der Waals surface area contributed by atoms with Crippen molar-refractivity contribution in [2.45, 2.75) is 45.7 Å². The fraction of sp³-hybridized carbons (Fsp3) is 0.786. The Bertz CT molecular complexity index is 368. The van der Waals surface area contributed by atoms with Gasteiger partial charge in [-0.15, -0.1) is 0 Å². The lowest BCUT2D eigenvalue weighted by molar-refractivity contribution is 0.182. The summed E-state index contributed by atoms with van der Waals surface area (Å²) in [5, 5.41) is 0. The summed E-state index contributed by atoms with van der Waals surface area (Å²) in [7, 11) is 0. The molecule has 0 saturated heterocycles. The third-order valence-corrected chi connectivity index (χ3v) is 3.65. The summed E-state index contributed by atoms with van der Waals surface area (Å²) < 4.78 is 2.33. The number of aromatic nitrogens is 2. The fourth-order valence-electron chi connectivity index (χ4n) is 2.63. The van der Waals surface area contributed by atoms with Crippen LogP contribution in [0.4, 0.5) is 0 Å². The SMILES string of the molecule is CCN(CC(C)C)C(CN)c1cncn1C1CC1. The molecule has 1 saturated carbocycles. The summed E-state index contributed by atoms with van der Waals surface area (Å²) in [6.45, 7) is 9.52. The van der Waals surface area contributed by atoms with Crippen LogP contribution in [0.15, 0.2) is 12.5 Å². The largest absolute Gasteiger partial charge is 0.330 e. The van der Waals surface area contributed by atoms with E-state index in [4.69, 9.17) is 5.73 Å². The quantitative estimate of drug-likeness (QED) is 0.807. The number of rotatable bonds is 7. The fourth-order valence-corrected chi connectivity index (χ4v) is 2.63. The van der Waals surface area contributed by atoms with E-state index in [-0.39, 0.29) is 0 Å². The molecule has 2 N–H and O–H groups in total. The molecule has 1 aliphatic rings. The minimum atomic E-state index is 0.306. The molecule has 1 aromatic heterocycles. The molecular formula is C14H26N4. The van der Waals surface area contributed by atoms with Crippen LogP contribution in [0.1, 0.15) is 51.4 Å². The molecule has 1 fully saturated rings. The van der Waals surface area contributed by atoms with E-state index in [9.17, 15) is 0 Å². The Morgan fingerprint density at radius 3 is 2.72 bits per heavy atom. The number of nitrogens with two attached hydrogens (primary N) is 1. The van der Waals surface area contributed by atoms with Gasteiger partial charge in [0.05, 0.1) is 18.1 Å². The molecule has 4 heteroatoms. The Hall–Kier alpha value is -0.870. The van der Waals surface area contributed by atoms with Gasteiger partial charge in [-0.25, -0.2) is 4.98 Å². The standard InChI is InChI=1S/C14H26N4/c1-4-17(9-11(2)3)13(7-15)14-8-16-10-18(14)12-5-6-12/h8,10-13H,4-7,9,15H2,1-3H3. The van der Waals surface area contributed by atoms with Gasteiger partial charge in [-0.1, -0.05) is 20.8 Å². The highest BCUT2D eigenvalue weighted by Gasteiger charge is 2.29. The molecule has 1 aromatic rings. The molecule has 1 unspecified atom stereocenters. The molecule has 0 radical (unpaired) electrons. The predicted octanol–water partition coefficient (Wildman–Crippen LogP) is 2.20. The third-order valence-electron chi connectivity index (χ3n) is 3.65. The monoisotopic (exact) mass is 250 g/mol. The average Bonchev–Trinajstić information content (AvgIpc) is 3.08. The first-order valence-electron chi connectivity index (χ1n) is 7.13. The van der Waals surface area contributed by atoms with Crippen molar-refractivity contribution < 1.29 is 0 Å². The van der Waals surface area contributed by atoms with E-state index in [0.29, 0.717) is 24.5 Å². The van der Waals surface area contributed by atoms with Crippen molar-refractivity contribution in [3.63, 3.8) is 0 Å². The van der Waals surface area contributed by atoms with Gasteiger partial charge >= 0.3 is 0 Å². The van der Waals surface area contributed by atoms with Crippen LogP contribution in [0.25, 0.3) is 0 Å². The van der Waals surface area contributed by atoms with E-state index < -0.39 is 0 Å². The van der Waals surface area contributed by atoms with Crippen LogP contribution in [-0.4, -0.2) is 34.1 Å². The van der Waals surface area contributed by atoms with Gasteiger partial charge in [-0.3, -0.25) is 4.90 Å². The van der Waals surface area contributed by atoms with Gasteiger partial charge < -0.3 is 10.3 Å². The Morgan fingerprint density at radius 1 is 1.50 bits per heavy atom. The Kier molecular flexibility index (Phi) is 4.40. The lowest BCUT2D eigenvalue weighted by Crippen LogP contribution is -2.37. The number of nitrogens with zero attached hydrogens (tertiary/aromatic N) is 3. The first-order chi connectivity index (χ1) is 8.67. The minimum absolute atomic E-state index is 0.306. The lowest BCUT2D eigenvalue weighted by Gasteiger charge is -2.31. The Morgan fingerprint density at radius 2 is 2.22 bits per heavy atom. The zero-order valence-corrected chi connectivity index (χ0v) is 11.8. The van der Waals surface area contributed by atoms with Crippen LogP contribution in [0.3, 0.4) is 0 Å². The van der Waals surface area contributed by atoms with E-state index in [2.05, 4.69) is 35.2 Å². The molecule has 0 bridgehead atoms. The van der Waals surface area contributed by atoms with Crippen molar-refractivity contribution in [3.05, 3.63) is 18.2 Å². The second-order valence-corrected chi connectivity index (χ2v) is 5.69. The summed E-state index contributed by atoms with van der Waals surface area (Å²) in [5.74, 6) is 0.663. The van der Waals surface area contributed by atoms with Crippen LogP contribution in [0, 0.1) is 5.92 Å². The smallest absolute Gasteiger partial charge is 0.0951 e. The molecule has 102 valence electrons. The van der Waals surface area contributed by atoms with Crippen molar-refractivity contribution in [3.8, 4) is 0 Å². The summed E-state index contributed by atoms with van der Waals surface area (Å²) in [5.41, 5.74) is 7.32. The maximum atomic E-state index is 6.02. The van der Waals surface area contributed by atoms with Crippen molar-refractivity contribution in [2.75, 3.05) is 19.6 Å². The highest BCUT2D eigenvalue weighted by Crippen LogP contribution is 2.37. The van der Waals surface area contributed by atoms with Gasteiger partial charge in [0.1, 0.15) is 0 Å². The van der Waals surface area contributed by atoms with Gasteiger partial charge in [0, 0.05) is 25.3 Å². The lowest BCUT2D eigenvalue weighted by atomic mass is 10.1. The highest BCUT2D eigenvalue weighted by molar-refractivity contribution is 5.10. The van der Waals surface area contributed by atoms with E-state index in [1.807, 2.05) is 12.5 Å². The zero-order chi connectivity index (χ0) is 13.1. The third kappa shape index (κ3) is 2.93. The highest BCUT2D eigenvalue weighted by atomic mass is 15.2. The van der Waals surface area contributed by atoms with Gasteiger partial charge in [0.15, 0.2) is 0 Å². The van der Waals surface area contributed by atoms with Crippen molar-refractivity contribution in [1.29, 1.82) is 0 Å². The normalized spacial score (nSPS) is 17.7. The number of hydrogen-bond acceptors (Lipinski definition) is 3. The first kappa shape index (κ1) is 13.6. The van der Waals surface area contributed by atoms with Gasteiger partial charge in [0.2, 0.25) is 0 Å². The molecule has 0 aliphatic heterocycles. The second kappa shape index (κ2) is 5.85. The zero-order valence-electron chi connectivity index (χ0n) is 11.8. The summed E-state index contributed by atoms with van der Waals surface area (Å²) >= 11 is 0. The van der Waals surface area contributed by atoms with E-state index in [1.165, 1.54) is 18.5 Å². The van der Waals surface area contributed by atoms with Crippen LogP contribution >= 0.6 is 0 Å². The van der Waals surface area contributed by atoms with Crippen molar-refractivity contribution in [2.24, 2.45) is 11.7 Å². The van der Waals surface area contributed by atoms with Crippen LogP contribution < -0.4 is 5.73 Å².